The van der Waals surface area contributed by atoms with Gasteiger partial charge >= 0.3 is 0 Å². The molecule has 1 aliphatic rings. The molecule has 4 aromatic rings. The highest BCUT2D eigenvalue weighted by molar-refractivity contribution is 7.99. The van der Waals surface area contributed by atoms with Crippen LogP contribution in [0.4, 0.5) is 0 Å². The fraction of sp³-hybridized carbons (Fsp3) is 0.419. The van der Waals surface area contributed by atoms with Crippen LogP contribution >= 0.6 is 23.1 Å². The minimum absolute atomic E-state index is 0.0910. The second-order valence-electron chi connectivity index (χ2n) is 10.1. The Morgan fingerprint density at radius 3 is 2.51 bits per heavy atom. The molecular weight excluding hydrogens is 494 g/mol. The third-order valence-electron chi connectivity index (χ3n) is 7.19. The van der Waals surface area contributed by atoms with Gasteiger partial charge in [0, 0.05) is 30.3 Å². The van der Waals surface area contributed by atoms with E-state index in [4.69, 9.17) is 4.98 Å². The Morgan fingerprint density at radius 1 is 0.973 bits per heavy atom. The molecule has 0 unspecified atom stereocenters. The summed E-state index contributed by atoms with van der Waals surface area (Å²) in [5.74, 6) is 0.992. The molecule has 0 aliphatic carbocycles. The average molecular weight is 532 g/mol. The second-order valence-corrected chi connectivity index (χ2v) is 12.3. The average Bonchev–Trinajstić information content (AvgIpc) is 3.27. The number of hydrogen-bond acceptors (Lipinski definition) is 5. The normalized spacial score (nSPS) is 13.8. The van der Waals surface area contributed by atoms with Crippen molar-refractivity contribution >= 4 is 33.3 Å². The van der Waals surface area contributed by atoms with Crippen LogP contribution in [0.5, 0.6) is 0 Å². The minimum atomic E-state index is 0.0910. The molecule has 37 heavy (non-hydrogen) atoms. The first kappa shape index (κ1) is 26.2. The van der Waals surface area contributed by atoms with Gasteiger partial charge < -0.3 is 0 Å². The van der Waals surface area contributed by atoms with E-state index in [-0.39, 0.29) is 5.56 Å². The van der Waals surface area contributed by atoms with Gasteiger partial charge in [0.05, 0.1) is 11.1 Å². The topological polar surface area (TPSA) is 38.1 Å². The van der Waals surface area contributed by atoms with Crippen LogP contribution in [-0.2, 0) is 19.5 Å². The lowest BCUT2D eigenvalue weighted by molar-refractivity contribution is 0.249. The van der Waals surface area contributed by atoms with Crippen LogP contribution in [0.15, 0.2) is 64.5 Å². The molecule has 2 aromatic carbocycles. The van der Waals surface area contributed by atoms with E-state index in [1.165, 1.54) is 53.7 Å². The van der Waals surface area contributed by atoms with E-state index in [1.54, 1.807) is 23.1 Å². The summed E-state index contributed by atoms with van der Waals surface area (Å²) >= 11 is 3.46. The van der Waals surface area contributed by atoms with Gasteiger partial charge in [-0.1, -0.05) is 98.8 Å². The summed E-state index contributed by atoms with van der Waals surface area (Å²) in [5.41, 5.74) is 4.75. The fourth-order valence-electron chi connectivity index (χ4n) is 5.12. The molecule has 1 aliphatic heterocycles. The molecule has 5 rings (SSSR count). The van der Waals surface area contributed by atoms with E-state index < -0.39 is 0 Å². The van der Waals surface area contributed by atoms with Gasteiger partial charge in [-0.2, -0.15) is 0 Å². The number of unbranched alkanes of at least 4 members (excludes halogenated alkanes) is 5. The Hall–Kier alpha value is -2.41. The maximum Gasteiger partial charge on any atom is 0.267 e. The highest BCUT2D eigenvalue weighted by atomic mass is 32.2. The number of aryl methyl sites for hydroxylation is 1. The Kier molecular flexibility index (Phi) is 8.80. The molecule has 0 saturated carbocycles. The van der Waals surface area contributed by atoms with Crippen molar-refractivity contribution in [3.63, 3.8) is 0 Å². The smallest absolute Gasteiger partial charge is 0.267 e. The van der Waals surface area contributed by atoms with Gasteiger partial charge in [-0.05, 0) is 43.0 Å². The number of nitrogens with zero attached hydrogens (tertiary/aromatic N) is 3. The Balaban J connectivity index is 1.43. The van der Waals surface area contributed by atoms with Gasteiger partial charge in [0.15, 0.2) is 5.16 Å². The summed E-state index contributed by atoms with van der Waals surface area (Å²) in [6, 6.07) is 18.9. The standard InChI is InChI=1S/C31H37N3OS2/c1-3-4-5-6-7-11-20-36-31-32-29-28(30(35)34(31)25-16-14-23(2)15-17-25)26-18-19-33(22-27(26)37-29)21-24-12-9-8-10-13-24/h8-10,12-17H,3-7,11,18-22H2,1-2H3. The van der Waals surface area contributed by atoms with Crippen molar-refractivity contribution in [2.75, 3.05) is 12.3 Å². The maximum absolute atomic E-state index is 14.1. The molecule has 0 bridgehead atoms. The molecule has 2 aromatic heterocycles. The van der Waals surface area contributed by atoms with Crippen LogP contribution in [0, 0.1) is 6.92 Å². The lowest BCUT2D eigenvalue weighted by Crippen LogP contribution is -2.30. The minimum Gasteiger partial charge on any atom is -0.294 e. The van der Waals surface area contributed by atoms with Gasteiger partial charge in [0.1, 0.15) is 4.83 Å². The Morgan fingerprint density at radius 2 is 1.73 bits per heavy atom. The van der Waals surface area contributed by atoms with E-state index in [2.05, 4.69) is 73.3 Å². The highest BCUT2D eigenvalue weighted by Crippen LogP contribution is 2.35. The molecule has 194 valence electrons. The number of rotatable bonds is 11. The number of thioether (sulfide) groups is 1. The van der Waals surface area contributed by atoms with E-state index in [1.807, 2.05) is 4.57 Å². The number of hydrogen-bond donors (Lipinski definition) is 0. The maximum atomic E-state index is 14.1. The lowest BCUT2D eigenvalue weighted by Gasteiger charge is -2.26. The predicted octanol–water partition coefficient (Wildman–Crippen LogP) is 7.77. The molecule has 6 heteroatoms. The first-order valence-electron chi connectivity index (χ1n) is 13.7. The number of benzene rings is 2. The van der Waals surface area contributed by atoms with Gasteiger partial charge in [0.2, 0.25) is 0 Å². The first-order valence-corrected chi connectivity index (χ1v) is 15.5. The first-order chi connectivity index (χ1) is 18.1. The zero-order chi connectivity index (χ0) is 25.6. The molecule has 0 spiro atoms. The summed E-state index contributed by atoms with van der Waals surface area (Å²) in [6.45, 7) is 7.13. The van der Waals surface area contributed by atoms with Crippen LogP contribution in [-0.4, -0.2) is 26.7 Å². The van der Waals surface area contributed by atoms with E-state index in [0.717, 1.165) is 59.3 Å². The fourth-order valence-corrected chi connectivity index (χ4v) is 7.43. The van der Waals surface area contributed by atoms with Crippen LogP contribution in [0.2, 0.25) is 0 Å². The zero-order valence-electron chi connectivity index (χ0n) is 22.0. The second kappa shape index (κ2) is 12.4. The molecular formula is C31H37N3OS2. The summed E-state index contributed by atoms with van der Waals surface area (Å²) in [6.07, 6.45) is 8.52. The summed E-state index contributed by atoms with van der Waals surface area (Å²) in [5, 5.41) is 1.67. The quantitative estimate of drug-likeness (QED) is 0.113. The monoisotopic (exact) mass is 531 g/mol. The largest absolute Gasteiger partial charge is 0.294 e. The summed E-state index contributed by atoms with van der Waals surface area (Å²) < 4.78 is 1.87. The van der Waals surface area contributed by atoms with Gasteiger partial charge in [-0.25, -0.2) is 4.98 Å². The van der Waals surface area contributed by atoms with Gasteiger partial charge in [0.25, 0.3) is 5.56 Å². The van der Waals surface area contributed by atoms with Crippen molar-refractivity contribution in [1.29, 1.82) is 0 Å². The third-order valence-corrected chi connectivity index (χ3v) is 9.33. The van der Waals surface area contributed by atoms with Crippen LogP contribution in [0.25, 0.3) is 15.9 Å². The number of thiophene rings is 1. The van der Waals surface area contributed by atoms with E-state index in [9.17, 15) is 4.79 Å². The predicted molar refractivity (Wildman–Crippen MR) is 158 cm³/mol. The molecule has 0 saturated heterocycles. The van der Waals surface area contributed by atoms with Crippen molar-refractivity contribution in [2.24, 2.45) is 0 Å². The molecule has 4 nitrogen and oxygen atoms in total. The van der Waals surface area contributed by atoms with Crippen LogP contribution < -0.4 is 5.56 Å². The van der Waals surface area contributed by atoms with Gasteiger partial charge in [-0.3, -0.25) is 14.3 Å². The van der Waals surface area contributed by atoms with Crippen LogP contribution in [0.3, 0.4) is 0 Å². The zero-order valence-corrected chi connectivity index (χ0v) is 23.7. The van der Waals surface area contributed by atoms with Crippen molar-refractivity contribution in [3.8, 4) is 5.69 Å². The summed E-state index contributed by atoms with van der Waals surface area (Å²) in [4.78, 5) is 23.9. The number of aromatic nitrogens is 2. The highest BCUT2D eigenvalue weighted by Gasteiger charge is 2.25. The van der Waals surface area contributed by atoms with E-state index in [0.29, 0.717) is 0 Å². The lowest BCUT2D eigenvalue weighted by atomic mass is 10.0. The number of fused-ring (bicyclic) bond motifs is 3. The van der Waals surface area contributed by atoms with Gasteiger partial charge in [-0.15, -0.1) is 11.3 Å². The molecule has 3 heterocycles. The summed E-state index contributed by atoms with van der Waals surface area (Å²) in [7, 11) is 0. The molecule has 0 radical (unpaired) electrons. The van der Waals surface area contributed by atoms with Crippen molar-refractivity contribution in [3.05, 3.63) is 86.5 Å². The Labute approximate surface area is 228 Å². The molecule has 0 atom stereocenters. The molecule has 0 amide bonds. The van der Waals surface area contributed by atoms with E-state index >= 15 is 0 Å². The SMILES string of the molecule is CCCCCCCCSc1nc2sc3c(c2c(=O)n1-c1ccc(C)cc1)CCN(Cc1ccccc1)C3. The van der Waals surface area contributed by atoms with Crippen molar-refractivity contribution in [1.82, 2.24) is 14.5 Å². The van der Waals surface area contributed by atoms with Crippen molar-refractivity contribution < 1.29 is 0 Å². The third kappa shape index (κ3) is 6.19. The van der Waals surface area contributed by atoms with Crippen LogP contribution in [0.1, 0.15) is 67.0 Å². The Bertz CT molecular complexity index is 1380. The molecule has 0 N–H and O–H groups in total. The van der Waals surface area contributed by atoms with Crippen molar-refractivity contribution in [2.45, 2.75) is 77.0 Å². The molecule has 0 fully saturated rings.